The molecule has 1 rings (SSSR count). The van der Waals surface area contributed by atoms with Gasteiger partial charge in [0.1, 0.15) is 0 Å². The summed E-state index contributed by atoms with van der Waals surface area (Å²) in [7, 11) is 0. The Morgan fingerprint density at radius 3 is 2.69 bits per heavy atom. The van der Waals surface area contributed by atoms with Crippen LogP contribution in [0.15, 0.2) is 36.4 Å². The van der Waals surface area contributed by atoms with Gasteiger partial charge < -0.3 is 4.74 Å². The van der Waals surface area contributed by atoms with Crippen molar-refractivity contribution in [1.82, 2.24) is 0 Å². The van der Waals surface area contributed by atoms with Gasteiger partial charge in [-0.1, -0.05) is 30.3 Å². The van der Waals surface area contributed by atoms with Crippen molar-refractivity contribution >= 4 is 12.0 Å². The minimum absolute atomic E-state index is 0.661. The molecule has 0 fully saturated rings. The number of ether oxygens (including phenoxy) is 1. The summed E-state index contributed by atoms with van der Waals surface area (Å²) in [6.07, 6.45) is 4.09. The topological polar surface area (TPSA) is 50.1 Å². The van der Waals surface area contributed by atoms with Crippen LogP contribution in [0.25, 0.3) is 6.08 Å². The fraction of sp³-hybridized carbons (Fsp3) is 0. The van der Waals surface area contributed by atoms with Gasteiger partial charge in [0.15, 0.2) is 0 Å². The van der Waals surface area contributed by atoms with E-state index in [9.17, 15) is 4.79 Å². The van der Waals surface area contributed by atoms with E-state index in [1.165, 1.54) is 12.3 Å². The average molecular weight is 173 g/mol. The van der Waals surface area contributed by atoms with Gasteiger partial charge in [-0.3, -0.25) is 0 Å². The predicted molar refractivity (Wildman–Crippen MR) is 47.2 cm³/mol. The lowest BCUT2D eigenvalue weighted by atomic mass is 10.2. The lowest BCUT2D eigenvalue weighted by molar-refractivity contribution is -0.131. The van der Waals surface area contributed by atoms with E-state index in [0.29, 0.717) is 0 Å². The minimum atomic E-state index is -0.661. The number of esters is 1. The van der Waals surface area contributed by atoms with E-state index in [-0.39, 0.29) is 0 Å². The summed E-state index contributed by atoms with van der Waals surface area (Å²) in [4.78, 5) is 10.7. The molecule has 0 saturated carbocycles. The van der Waals surface area contributed by atoms with Crippen LogP contribution in [0.3, 0.4) is 0 Å². The minimum Gasteiger partial charge on any atom is -0.347 e. The smallest absolute Gasteiger partial charge is 0.346 e. The second-order valence-electron chi connectivity index (χ2n) is 2.26. The first-order valence-corrected chi connectivity index (χ1v) is 3.66. The summed E-state index contributed by atoms with van der Waals surface area (Å²) in [6, 6.07) is 9.28. The quantitative estimate of drug-likeness (QED) is 0.388. The third-order valence-electron chi connectivity index (χ3n) is 1.36. The molecular weight excluding hydrogens is 166 g/mol. The molecule has 0 atom stereocenters. The molecule has 1 aromatic carbocycles. The molecule has 0 saturated heterocycles. The Balaban J connectivity index is 2.60. The third kappa shape index (κ3) is 3.21. The highest BCUT2D eigenvalue weighted by atomic mass is 16.5. The lowest BCUT2D eigenvalue weighted by Crippen LogP contribution is -1.92. The molecule has 0 unspecified atom stereocenters. The van der Waals surface area contributed by atoms with Gasteiger partial charge in [-0.15, -0.1) is 5.26 Å². The molecule has 0 heterocycles. The normalized spacial score (nSPS) is 9.46. The molecule has 0 N–H and O–H groups in total. The highest BCUT2D eigenvalue weighted by Crippen LogP contribution is 2.00. The van der Waals surface area contributed by atoms with Crippen molar-refractivity contribution in [3.05, 3.63) is 42.0 Å². The monoisotopic (exact) mass is 173 g/mol. The lowest BCUT2D eigenvalue weighted by Gasteiger charge is -1.89. The number of hydrogen-bond donors (Lipinski definition) is 0. The molecule has 0 bridgehead atoms. The third-order valence-corrected chi connectivity index (χ3v) is 1.36. The Labute approximate surface area is 75.9 Å². The SMILES string of the molecule is N#COC(=O)C=Cc1ccccc1. The number of hydrogen-bond acceptors (Lipinski definition) is 3. The van der Waals surface area contributed by atoms with E-state index >= 15 is 0 Å². The fourth-order valence-electron chi connectivity index (χ4n) is 0.807. The van der Waals surface area contributed by atoms with Gasteiger partial charge >= 0.3 is 5.97 Å². The van der Waals surface area contributed by atoms with Gasteiger partial charge in [0.2, 0.25) is 0 Å². The van der Waals surface area contributed by atoms with E-state index in [4.69, 9.17) is 5.26 Å². The van der Waals surface area contributed by atoms with Crippen LogP contribution in [0.4, 0.5) is 0 Å². The highest BCUT2D eigenvalue weighted by Gasteiger charge is 1.93. The van der Waals surface area contributed by atoms with Gasteiger partial charge in [0, 0.05) is 6.08 Å². The maximum atomic E-state index is 10.7. The largest absolute Gasteiger partial charge is 0.347 e. The highest BCUT2D eigenvalue weighted by molar-refractivity contribution is 5.87. The zero-order valence-electron chi connectivity index (χ0n) is 6.81. The zero-order valence-corrected chi connectivity index (χ0v) is 6.81. The molecule has 0 amide bonds. The Hall–Kier alpha value is -2.08. The first kappa shape index (κ1) is 9.01. The first-order valence-electron chi connectivity index (χ1n) is 3.66. The molecule has 0 aliphatic heterocycles. The van der Waals surface area contributed by atoms with Gasteiger partial charge in [0.25, 0.3) is 6.26 Å². The number of carbonyl (C=O) groups is 1. The van der Waals surface area contributed by atoms with Crippen LogP contribution >= 0.6 is 0 Å². The van der Waals surface area contributed by atoms with Crippen LogP contribution in [-0.4, -0.2) is 5.97 Å². The predicted octanol–water partition coefficient (Wildman–Crippen LogP) is 1.72. The summed E-state index contributed by atoms with van der Waals surface area (Å²) < 4.78 is 4.04. The maximum Gasteiger partial charge on any atom is 0.346 e. The van der Waals surface area contributed by atoms with Crippen LogP contribution in [-0.2, 0) is 9.53 Å². The van der Waals surface area contributed by atoms with Gasteiger partial charge in [-0.2, -0.15) is 0 Å². The number of rotatable bonds is 2. The standard InChI is InChI=1S/C10H7NO2/c11-8-13-10(12)7-6-9-4-2-1-3-5-9/h1-7H. The molecule has 3 nitrogen and oxygen atoms in total. The van der Waals surface area contributed by atoms with Crippen LogP contribution < -0.4 is 0 Å². The van der Waals surface area contributed by atoms with Crippen molar-refractivity contribution in [2.45, 2.75) is 0 Å². The molecule has 13 heavy (non-hydrogen) atoms. The molecule has 0 radical (unpaired) electrons. The van der Waals surface area contributed by atoms with Crippen molar-refractivity contribution in [2.75, 3.05) is 0 Å². The molecule has 0 aliphatic rings. The number of carbonyl (C=O) groups excluding carboxylic acids is 1. The molecule has 0 spiro atoms. The van der Waals surface area contributed by atoms with Crippen molar-refractivity contribution in [3.63, 3.8) is 0 Å². The Morgan fingerprint density at radius 2 is 2.08 bits per heavy atom. The Bertz CT molecular complexity index is 349. The second kappa shape index (κ2) is 4.73. The molecule has 1 aromatic rings. The summed E-state index contributed by atoms with van der Waals surface area (Å²) in [5, 5.41) is 8.01. The van der Waals surface area contributed by atoms with Crippen molar-refractivity contribution in [1.29, 1.82) is 5.26 Å². The molecule has 3 heteroatoms. The molecule has 64 valence electrons. The first-order chi connectivity index (χ1) is 6.33. The number of nitriles is 1. The van der Waals surface area contributed by atoms with E-state index in [0.717, 1.165) is 5.56 Å². The summed E-state index contributed by atoms with van der Waals surface area (Å²) >= 11 is 0. The van der Waals surface area contributed by atoms with Crippen molar-refractivity contribution < 1.29 is 9.53 Å². The average Bonchev–Trinajstić information content (AvgIpc) is 2.17. The van der Waals surface area contributed by atoms with Gasteiger partial charge in [0.05, 0.1) is 0 Å². The van der Waals surface area contributed by atoms with Crippen LogP contribution in [0, 0.1) is 11.5 Å². The van der Waals surface area contributed by atoms with Crippen LogP contribution in [0.5, 0.6) is 0 Å². The van der Waals surface area contributed by atoms with E-state index < -0.39 is 5.97 Å². The number of benzene rings is 1. The zero-order chi connectivity index (χ0) is 9.52. The van der Waals surface area contributed by atoms with E-state index in [1.54, 1.807) is 6.08 Å². The summed E-state index contributed by atoms with van der Waals surface area (Å²) in [6.45, 7) is 0. The molecule has 0 aliphatic carbocycles. The van der Waals surface area contributed by atoms with Gasteiger partial charge in [-0.05, 0) is 11.6 Å². The van der Waals surface area contributed by atoms with Gasteiger partial charge in [-0.25, -0.2) is 4.79 Å². The van der Waals surface area contributed by atoms with E-state index in [1.807, 2.05) is 30.3 Å². The van der Waals surface area contributed by atoms with Crippen molar-refractivity contribution in [2.24, 2.45) is 0 Å². The Kier molecular flexibility index (Phi) is 3.28. The van der Waals surface area contributed by atoms with Crippen LogP contribution in [0.1, 0.15) is 5.56 Å². The number of nitrogens with zero attached hydrogens (tertiary/aromatic N) is 1. The molecular formula is C10H7NO2. The summed E-state index contributed by atoms with van der Waals surface area (Å²) in [5.41, 5.74) is 0.886. The Morgan fingerprint density at radius 1 is 1.38 bits per heavy atom. The second-order valence-corrected chi connectivity index (χ2v) is 2.26. The molecule has 0 aromatic heterocycles. The van der Waals surface area contributed by atoms with Crippen molar-refractivity contribution in [3.8, 4) is 6.26 Å². The fourth-order valence-corrected chi connectivity index (χ4v) is 0.807. The maximum absolute atomic E-state index is 10.7. The van der Waals surface area contributed by atoms with Crippen LogP contribution in [0.2, 0.25) is 0 Å². The summed E-state index contributed by atoms with van der Waals surface area (Å²) in [5.74, 6) is -0.661. The van der Waals surface area contributed by atoms with E-state index in [2.05, 4.69) is 4.74 Å².